The SMILES string of the molecule is CCCCC/C=C\C\C=C/C=C/C=C/[C@@H](SC[C@H](N)C(=O)O[C@H](COC(=O)CCCCCCCCCCCCCCC)COP(=O)([O-])OCC[N+](C)(C)C)[C@@H](O)CCCC(=O)O. The zero-order valence-electron chi connectivity index (χ0n) is 39.0. The van der Waals surface area contributed by atoms with Gasteiger partial charge in [0.25, 0.3) is 7.82 Å². The van der Waals surface area contributed by atoms with Crippen molar-refractivity contribution in [3.8, 4) is 0 Å². The van der Waals surface area contributed by atoms with Crippen molar-refractivity contribution in [3.05, 3.63) is 48.6 Å². The van der Waals surface area contributed by atoms with Crippen molar-refractivity contribution < 1.29 is 57.1 Å². The van der Waals surface area contributed by atoms with E-state index in [0.717, 1.165) is 32.1 Å². The van der Waals surface area contributed by atoms with Crippen molar-refractivity contribution in [1.29, 1.82) is 0 Å². The Balaban J connectivity index is 5.29. The Bertz CT molecular complexity index is 1320. The third-order valence-electron chi connectivity index (χ3n) is 9.85. The number of carboxylic acids is 1. The number of ether oxygens (including phenoxy) is 2. The number of carbonyl (C=O) groups is 3. The number of likely N-dealkylation sites (N-methyl/N-ethyl adjacent to an activating group) is 1. The minimum absolute atomic E-state index is 0.0126. The molecule has 13 nitrogen and oxygen atoms in total. The van der Waals surface area contributed by atoms with Crippen molar-refractivity contribution in [2.24, 2.45) is 5.73 Å². The van der Waals surface area contributed by atoms with E-state index in [1.165, 1.54) is 88.8 Å². The van der Waals surface area contributed by atoms with Gasteiger partial charge in [-0.05, 0) is 38.5 Å². The van der Waals surface area contributed by atoms with Crippen LogP contribution in [0.4, 0.5) is 0 Å². The highest BCUT2D eigenvalue weighted by Gasteiger charge is 2.26. The van der Waals surface area contributed by atoms with E-state index in [1.54, 1.807) is 12.2 Å². The second kappa shape index (κ2) is 39.1. The molecule has 0 bridgehead atoms. The van der Waals surface area contributed by atoms with Crippen LogP contribution in [0.1, 0.15) is 155 Å². The number of nitrogens with two attached hydrogens (primary N) is 1. The molecule has 1 unspecified atom stereocenters. The summed E-state index contributed by atoms with van der Waals surface area (Å²) in [6.45, 7) is 3.60. The maximum absolute atomic E-state index is 13.2. The highest BCUT2D eigenvalue weighted by Crippen LogP contribution is 2.38. The van der Waals surface area contributed by atoms with Crippen LogP contribution in [0.2, 0.25) is 0 Å². The second-order valence-electron chi connectivity index (χ2n) is 17.0. The number of thioether (sulfide) groups is 1. The minimum atomic E-state index is -4.78. The molecule has 0 rings (SSSR count). The van der Waals surface area contributed by atoms with Crippen molar-refractivity contribution in [2.45, 2.75) is 179 Å². The third-order valence-corrected chi connectivity index (χ3v) is 12.2. The van der Waals surface area contributed by atoms with Gasteiger partial charge in [-0.3, -0.25) is 18.9 Å². The molecule has 0 aromatic carbocycles. The molecule has 0 spiro atoms. The van der Waals surface area contributed by atoms with E-state index < -0.39 is 62.4 Å². The Labute approximate surface area is 379 Å². The van der Waals surface area contributed by atoms with Crippen LogP contribution in [0.15, 0.2) is 48.6 Å². The van der Waals surface area contributed by atoms with Crippen LogP contribution in [0.25, 0.3) is 0 Å². The Morgan fingerprint density at radius 3 is 1.97 bits per heavy atom. The lowest BCUT2D eigenvalue weighted by molar-refractivity contribution is -0.870. The van der Waals surface area contributed by atoms with Gasteiger partial charge < -0.3 is 43.8 Å². The molecule has 15 heteroatoms. The van der Waals surface area contributed by atoms with Gasteiger partial charge in [0.15, 0.2) is 6.10 Å². The monoisotopic (exact) mass is 917 g/mol. The van der Waals surface area contributed by atoms with Gasteiger partial charge in [0, 0.05) is 23.8 Å². The predicted octanol–water partition coefficient (Wildman–Crippen LogP) is 9.37. The number of aliphatic hydroxyl groups excluding tert-OH is 1. The average Bonchev–Trinajstić information content (AvgIpc) is 3.21. The Kier molecular flexibility index (Phi) is 37.7. The number of hydrogen-bond donors (Lipinski definition) is 3. The zero-order chi connectivity index (χ0) is 46.3. The van der Waals surface area contributed by atoms with E-state index in [9.17, 15) is 28.9 Å². The summed E-state index contributed by atoms with van der Waals surface area (Å²) in [6.07, 6.45) is 34.7. The van der Waals surface area contributed by atoms with Crippen LogP contribution < -0.4 is 10.6 Å². The summed E-state index contributed by atoms with van der Waals surface area (Å²) in [6, 6.07) is -1.19. The number of hydrogen-bond acceptors (Lipinski definition) is 12. The van der Waals surface area contributed by atoms with Crippen molar-refractivity contribution in [3.63, 3.8) is 0 Å². The molecule has 0 aliphatic heterocycles. The normalized spacial score (nSPS) is 15.4. The molecule has 0 aliphatic rings. The highest BCUT2D eigenvalue weighted by molar-refractivity contribution is 8.00. The largest absolute Gasteiger partial charge is 0.756 e. The molecule has 0 radical (unpaired) electrons. The number of unbranched alkanes of at least 4 members (excludes halogenated alkanes) is 15. The molecule has 360 valence electrons. The number of phosphoric acid groups is 1. The van der Waals surface area contributed by atoms with E-state index in [4.69, 9.17) is 29.4 Å². The molecule has 0 heterocycles. The fourth-order valence-corrected chi connectivity index (χ4v) is 7.87. The van der Waals surface area contributed by atoms with Gasteiger partial charge in [-0.2, -0.15) is 0 Å². The van der Waals surface area contributed by atoms with Crippen molar-refractivity contribution in [2.75, 3.05) is 53.3 Å². The maximum atomic E-state index is 13.2. The number of carbonyl (C=O) groups excluding carboxylic acids is 2. The van der Waals surface area contributed by atoms with Gasteiger partial charge >= 0.3 is 17.9 Å². The van der Waals surface area contributed by atoms with E-state index in [2.05, 4.69) is 26.0 Å². The molecule has 0 aromatic heterocycles. The molecule has 0 amide bonds. The number of carboxylic acid groups (broad SMARTS) is 1. The van der Waals surface area contributed by atoms with Gasteiger partial charge in [-0.15, -0.1) is 11.8 Å². The molecule has 0 saturated carbocycles. The summed E-state index contributed by atoms with van der Waals surface area (Å²) in [5.41, 5.74) is 6.23. The first kappa shape index (κ1) is 59.7. The van der Waals surface area contributed by atoms with Gasteiger partial charge in [0.1, 0.15) is 25.8 Å². The standard InChI is InChI=1S/C47H85N2O11PS/c1-6-8-10-12-14-16-18-20-22-24-26-28-30-35-46(53)57-38-41(39-59-61(55,56)58-37-36-49(3,4)5)60-47(54)42(48)40-62-44(43(50)32-31-34-45(51)52)33-29-27-25-23-21-19-17-15-13-11-9-7-2/h15,17,21,23,25,27,29,33,41-44,50H,6-14,16,18-20,22,24,26,28,30-32,34-40,48H2,1-5H3,(H-,51,52,55,56)/b17-15-,23-21-,27-25+,33-29+/t41-,42+,43+,44-/m1/s1. The summed E-state index contributed by atoms with van der Waals surface area (Å²) in [4.78, 5) is 49.5. The van der Waals surface area contributed by atoms with E-state index in [-0.39, 0.29) is 38.0 Å². The smallest absolute Gasteiger partial charge is 0.324 e. The number of esters is 2. The maximum Gasteiger partial charge on any atom is 0.324 e. The summed E-state index contributed by atoms with van der Waals surface area (Å²) < 4.78 is 34.0. The number of aliphatic carboxylic acids is 1. The van der Waals surface area contributed by atoms with Crippen LogP contribution in [0.5, 0.6) is 0 Å². The van der Waals surface area contributed by atoms with Crippen molar-refractivity contribution >= 4 is 37.5 Å². The van der Waals surface area contributed by atoms with E-state index in [0.29, 0.717) is 17.4 Å². The van der Waals surface area contributed by atoms with Gasteiger partial charge in [0.2, 0.25) is 0 Å². The number of quaternary nitrogens is 1. The lowest BCUT2D eigenvalue weighted by Crippen LogP contribution is -2.40. The molecular formula is C47H85N2O11PS. The van der Waals surface area contributed by atoms with Crippen LogP contribution >= 0.6 is 19.6 Å². The van der Waals surface area contributed by atoms with E-state index in [1.807, 2.05) is 45.4 Å². The van der Waals surface area contributed by atoms with E-state index >= 15 is 0 Å². The van der Waals surface area contributed by atoms with Crippen LogP contribution in [0.3, 0.4) is 0 Å². The lowest BCUT2D eigenvalue weighted by Gasteiger charge is -2.28. The molecular weight excluding hydrogens is 832 g/mol. The van der Waals surface area contributed by atoms with Crippen LogP contribution in [-0.2, 0) is 37.5 Å². The van der Waals surface area contributed by atoms with Gasteiger partial charge in [0.05, 0.1) is 33.9 Å². The summed E-state index contributed by atoms with van der Waals surface area (Å²) >= 11 is 1.20. The van der Waals surface area contributed by atoms with Crippen LogP contribution in [0, 0.1) is 0 Å². The number of aliphatic hydroxyl groups is 1. The number of allylic oxidation sites excluding steroid dienone is 7. The predicted molar refractivity (Wildman–Crippen MR) is 251 cm³/mol. The Morgan fingerprint density at radius 2 is 1.35 bits per heavy atom. The number of phosphoric ester groups is 1. The number of nitrogens with zero attached hydrogens (tertiary/aromatic N) is 1. The minimum Gasteiger partial charge on any atom is -0.756 e. The summed E-state index contributed by atoms with van der Waals surface area (Å²) in [5, 5.41) is 19.5. The molecule has 0 aromatic rings. The summed E-state index contributed by atoms with van der Waals surface area (Å²) in [7, 11) is 0.865. The summed E-state index contributed by atoms with van der Waals surface area (Å²) in [5.74, 6) is -2.32. The fraction of sp³-hybridized carbons (Fsp3) is 0.766. The van der Waals surface area contributed by atoms with Crippen molar-refractivity contribution in [1.82, 2.24) is 0 Å². The molecule has 0 saturated heterocycles. The first-order valence-electron chi connectivity index (χ1n) is 23.3. The first-order valence-corrected chi connectivity index (χ1v) is 25.8. The fourth-order valence-electron chi connectivity index (χ4n) is 6.02. The first-order chi connectivity index (χ1) is 29.6. The zero-order valence-corrected chi connectivity index (χ0v) is 40.7. The lowest BCUT2D eigenvalue weighted by atomic mass is 10.0. The Hall–Kier alpha value is -2.29. The highest BCUT2D eigenvalue weighted by atomic mass is 32.2. The van der Waals surface area contributed by atoms with Crippen LogP contribution in [-0.4, -0.2) is 109 Å². The molecule has 5 atom stereocenters. The second-order valence-corrected chi connectivity index (χ2v) is 19.6. The molecule has 0 aliphatic carbocycles. The molecule has 62 heavy (non-hydrogen) atoms. The molecule has 4 N–H and O–H groups in total. The third kappa shape index (κ3) is 39.3. The number of rotatable bonds is 42. The average molecular weight is 917 g/mol. The topological polar surface area (TPSA) is 195 Å². The molecule has 0 fully saturated rings. The van der Waals surface area contributed by atoms with Gasteiger partial charge in [-0.25, -0.2) is 0 Å². The van der Waals surface area contributed by atoms with Gasteiger partial charge in [-0.1, -0.05) is 152 Å². The Morgan fingerprint density at radius 1 is 0.758 bits per heavy atom. The quantitative estimate of drug-likeness (QED) is 0.0131.